The number of aromatic nitrogens is 1. The topological polar surface area (TPSA) is 51.7 Å². The Bertz CT molecular complexity index is 755. The van der Waals surface area contributed by atoms with E-state index in [1.165, 1.54) is 12.8 Å². The Hall–Kier alpha value is -1.88. The van der Waals surface area contributed by atoms with E-state index in [1.807, 2.05) is 12.3 Å². The van der Waals surface area contributed by atoms with Gasteiger partial charge in [-0.25, -0.2) is 9.78 Å². The first kappa shape index (κ1) is 16.3. The average Bonchev–Trinajstić information content (AvgIpc) is 3.34. The summed E-state index contributed by atoms with van der Waals surface area (Å²) in [4.78, 5) is 19.4. The minimum Gasteiger partial charge on any atom is -0.455 e. The molecule has 4 aliphatic rings. The maximum Gasteiger partial charge on any atom is 0.337 e. The van der Waals surface area contributed by atoms with Crippen molar-refractivity contribution in [2.24, 2.45) is 11.8 Å². The maximum atomic E-state index is 12.4. The summed E-state index contributed by atoms with van der Waals surface area (Å²) in [6.07, 6.45) is 9.33. The highest BCUT2D eigenvalue weighted by atomic mass is 16.6. The highest BCUT2D eigenvalue weighted by molar-refractivity contribution is 5.94. The van der Waals surface area contributed by atoms with Gasteiger partial charge in [0.2, 0.25) is 0 Å². The lowest BCUT2D eigenvalue weighted by atomic mass is 9.73. The minimum absolute atomic E-state index is 0.120. The molecule has 2 saturated heterocycles. The molecule has 3 heterocycles. The molecule has 0 aromatic carbocycles. The van der Waals surface area contributed by atoms with Crippen molar-refractivity contribution in [3.8, 4) is 0 Å². The van der Waals surface area contributed by atoms with Crippen LogP contribution in [0.4, 0.5) is 5.82 Å². The molecule has 5 rings (SSSR count). The van der Waals surface area contributed by atoms with Gasteiger partial charge in [0, 0.05) is 24.8 Å². The van der Waals surface area contributed by atoms with Crippen LogP contribution in [-0.2, 0) is 20.9 Å². The fourth-order valence-corrected chi connectivity index (χ4v) is 5.47. The van der Waals surface area contributed by atoms with E-state index in [0.29, 0.717) is 18.4 Å². The monoisotopic (exact) mass is 354 g/mol. The highest BCUT2D eigenvalue weighted by Crippen LogP contribution is 2.55. The lowest BCUT2D eigenvalue weighted by molar-refractivity contribution is -0.142. The summed E-state index contributed by atoms with van der Waals surface area (Å²) in [5.74, 6) is 1.65. The third kappa shape index (κ3) is 2.33. The molecular weight excluding hydrogens is 328 g/mol. The number of carbonyl (C=O) groups is 1. The molecule has 138 valence electrons. The summed E-state index contributed by atoms with van der Waals surface area (Å²) >= 11 is 0. The lowest BCUT2D eigenvalue weighted by Gasteiger charge is -2.38. The van der Waals surface area contributed by atoms with Gasteiger partial charge in [-0.2, -0.15) is 0 Å². The largest absolute Gasteiger partial charge is 0.455 e. The van der Waals surface area contributed by atoms with Crippen LogP contribution < -0.4 is 4.90 Å². The Morgan fingerprint density at radius 1 is 1.35 bits per heavy atom. The zero-order valence-electron chi connectivity index (χ0n) is 15.3. The van der Waals surface area contributed by atoms with E-state index in [2.05, 4.69) is 29.0 Å². The fraction of sp³-hybridized carbons (Fsp3) is 0.619. The third-order valence-electron chi connectivity index (χ3n) is 6.60. The molecule has 1 aromatic heterocycles. The molecule has 0 radical (unpaired) electrons. The first-order valence-electron chi connectivity index (χ1n) is 9.94. The molecule has 0 spiro atoms. The highest BCUT2D eigenvalue weighted by Gasteiger charge is 2.63. The van der Waals surface area contributed by atoms with Crippen molar-refractivity contribution in [3.05, 3.63) is 35.5 Å². The van der Waals surface area contributed by atoms with Crippen LogP contribution in [0.3, 0.4) is 0 Å². The predicted molar refractivity (Wildman–Crippen MR) is 97.7 cm³/mol. The van der Waals surface area contributed by atoms with Crippen molar-refractivity contribution in [2.75, 3.05) is 18.0 Å². The van der Waals surface area contributed by atoms with E-state index in [0.717, 1.165) is 49.3 Å². The standard InChI is InChI=1S/C21H26N2O3/c1-14-11-16-6-7-18-21(16,17(12-14)20(24)26-18)25-13-15-5-4-8-22-19(15)23-9-2-3-10-23/h4-5,8,12,14,16,18H,2-3,6-7,9-11,13H2,1H3/t14?,16?,18-,21+/m1/s1. The number of hydrogen-bond acceptors (Lipinski definition) is 5. The SMILES string of the molecule is CC1C=C2C(=O)O[C@@H]3CCC(C1)[C@]23OCc1cccnc1N1CCCC1. The van der Waals surface area contributed by atoms with Crippen LogP contribution in [0, 0.1) is 11.8 Å². The number of hydrogen-bond donors (Lipinski definition) is 0. The van der Waals surface area contributed by atoms with Crippen molar-refractivity contribution in [3.63, 3.8) is 0 Å². The van der Waals surface area contributed by atoms with Crippen LogP contribution in [0.1, 0.15) is 44.6 Å². The number of rotatable bonds is 4. The first-order valence-corrected chi connectivity index (χ1v) is 9.94. The van der Waals surface area contributed by atoms with Gasteiger partial charge in [0.05, 0.1) is 12.2 Å². The van der Waals surface area contributed by atoms with Gasteiger partial charge in [0.25, 0.3) is 0 Å². The Morgan fingerprint density at radius 2 is 2.19 bits per heavy atom. The average molecular weight is 354 g/mol. The van der Waals surface area contributed by atoms with E-state index in [1.54, 1.807) is 0 Å². The Kier molecular flexibility index (Phi) is 3.82. The van der Waals surface area contributed by atoms with Gasteiger partial charge in [-0.3, -0.25) is 0 Å². The van der Waals surface area contributed by atoms with Gasteiger partial charge >= 0.3 is 5.97 Å². The number of allylic oxidation sites excluding steroid dienone is 1. The van der Waals surface area contributed by atoms with Crippen molar-refractivity contribution >= 4 is 11.8 Å². The van der Waals surface area contributed by atoms with Crippen molar-refractivity contribution in [1.29, 1.82) is 0 Å². The molecule has 1 saturated carbocycles. The van der Waals surface area contributed by atoms with E-state index in [9.17, 15) is 4.79 Å². The summed E-state index contributed by atoms with van der Waals surface area (Å²) in [5.41, 5.74) is 1.35. The fourth-order valence-electron chi connectivity index (χ4n) is 5.47. The number of ether oxygens (including phenoxy) is 2. The van der Waals surface area contributed by atoms with E-state index >= 15 is 0 Å². The van der Waals surface area contributed by atoms with E-state index < -0.39 is 5.60 Å². The van der Waals surface area contributed by atoms with Crippen LogP contribution in [0.5, 0.6) is 0 Å². The predicted octanol–water partition coefficient (Wildman–Crippen LogP) is 3.24. The van der Waals surface area contributed by atoms with Crippen molar-refractivity contribution in [1.82, 2.24) is 4.98 Å². The van der Waals surface area contributed by atoms with Gasteiger partial charge in [-0.1, -0.05) is 19.1 Å². The first-order chi connectivity index (χ1) is 12.7. The van der Waals surface area contributed by atoms with Gasteiger partial charge in [-0.05, 0) is 50.0 Å². The van der Waals surface area contributed by atoms with Crippen LogP contribution >= 0.6 is 0 Å². The number of pyridine rings is 1. The molecule has 0 amide bonds. The van der Waals surface area contributed by atoms with Gasteiger partial charge in [-0.15, -0.1) is 0 Å². The second kappa shape index (κ2) is 6.08. The van der Waals surface area contributed by atoms with Gasteiger partial charge in [0.1, 0.15) is 17.5 Å². The molecule has 0 bridgehead atoms. The second-order valence-electron chi connectivity index (χ2n) is 8.22. The molecule has 26 heavy (non-hydrogen) atoms. The van der Waals surface area contributed by atoms with E-state index in [-0.39, 0.29) is 12.1 Å². The molecule has 0 N–H and O–H groups in total. The quantitative estimate of drug-likeness (QED) is 0.777. The number of anilines is 1. The van der Waals surface area contributed by atoms with Gasteiger partial charge in [0.15, 0.2) is 0 Å². The molecular formula is C21H26N2O3. The summed E-state index contributed by atoms with van der Waals surface area (Å²) < 4.78 is 12.3. The smallest absolute Gasteiger partial charge is 0.337 e. The van der Waals surface area contributed by atoms with Crippen LogP contribution in [0.25, 0.3) is 0 Å². The molecule has 2 unspecified atom stereocenters. The van der Waals surface area contributed by atoms with Gasteiger partial charge < -0.3 is 14.4 Å². The zero-order chi connectivity index (χ0) is 17.7. The Morgan fingerprint density at radius 3 is 3.04 bits per heavy atom. The summed E-state index contributed by atoms with van der Waals surface area (Å²) in [6, 6.07) is 4.08. The summed E-state index contributed by atoms with van der Waals surface area (Å²) in [7, 11) is 0. The summed E-state index contributed by atoms with van der Waals surface area (Å²) in [5, 5.41) is 0. The van der Waals surface area contributed by atoms with Crippen LogP contribution in [-0.4, -0.2) is 35.7 Å². The normalized spacial score (nSPS) is 35.4. The number of carbonyl (C=O) groups excluding carboxylic acids is 1. The van der Waals surface area contributed by atoms with Crippen LogP contribution in [0.2, 0.25) is 0 Å². The second-order valence-corrected chi connectivity index (χ2v) is 8.22. The Labute approximate surface area is 154 Å². The summed E-state index contributed by atoms with van der Waals surface area (Å²) in [6.45, 7) is 4.78. The lowest BCUT2D eigenvalue weighted by Crippen LogP contribution is -2.46. The molecule has 5 nitrogen and oxygen atoms in total. The molecule has 5 heteroatoms. The van der Waals surface area contributed by atoms with Crippen molar-refractivity contribution in [2.45, 2.75) is 57.3 Å². The van der Waals surface area contributed by atoms with Crippen molar-refractivity contribution < 1.29 is 14.3 Å². The third-order valence-corrected chi connectivity index (χ3v) is 6.60. The Balaban J connectivity index is 1.45. The molecule has 4 atom stereocenters. The zero-order valence-corrected chi connectivity index (χ0v) is 15.3. The number of nitrogens with zero attached hydrogens (tertiary/aromatic N) is 2. The number of esters is 1. The molecule has 3 fully saturated rings. The van der Waals surface area contributed by atoms with E-state index in [4.69, 9.17) is 9.47 Å². The van der Waals surface area contributed by atoms with Crippen LogP contribution in [0.15, 0.2) is 30.0 Å². The molecule has 2 aliphatic carbocycles. The molecule has 2 aliphatic heterocycles. The molecule has 1 aromatic rings. The maximum absolute atomic E-state index is 12.4. The minimum atomic E-state index is -0.540.